The Morgan fingerprint density at radius 2 is 2.28 bits per heavy atom. The maximum Gasteiger partial charge on any atom is 0.318 e. The largest absolute Gasteiger partial charge is 0.358 e. The van der Waals surface area contributed by atoms with Crippen LogP contribution in [0.15, 0.2) is 18.3 Å². The van der Waals surface area contributed by atoms with Crippen molar-refractivity contribution < 1.29 is 9.59 Å². The highest BCUT2D eigenvalue weighted by Crippen LogP contribution is 2.09. The molecule has 0 aliphatic carbocycles. The summed E-state index contributed by atoms with van der Waals surface area (Å²) in [7, 11) is 0. The highest BCUT2D eigenvalue weighted by molar-refractivity contribution is 7.98. The minimum atomic E-state index is -0.856. The second-order valence-electron chi connectivity index (χ2n) is 3.72. The molecule has 1 heterocycles. The van der Waals surface area contributed by atoms with Gasteiger partial charge in [-0.3, -0.25) is 10.1 Å². The Kier molecular flexibility index (Phi) is 5.44. The summed E-state index contributed by atoms with van der Waals surface area (Å²) in [5.74, 6) is 0.642. The normalized spacial score (nSPS) is 11.7. The molecule has 18 heavy (non-hydrogen) atoms. The van der Waals surface area contributed by atoms with Crippen molar-refractivity contribution in [3.63, 3.8) is 0 Å². The fraction of sp³-hybridized carbons (Fsp3) is 0.364. The lowest BCUT2D eigenvalue weighted by atomic mass is 10.2. The number of aryl methyl sites for hydroxylation is 1. The molecule has 1 unspecified atom stereocenters. The van der Waals surface area contributed by atoms with E-state index in [0.29, 0.717) is 11.6 Å². The molecule has 0 spiro atoms. The molecule has 0 saturated carbocycles. The lowest BCUT2D eigenvalue weighted by molar-refractivity contribution is -0.120. The first kappa shape index (κ1) is 14.3. The van der Waals surface area contributed by atoms with Gasteiger partial charge in [0.2, 0.25) is 0 Å². The average molecular weight is 268 g/mol. The summed E-state index contributed by atoms with van der Waals surface area (Å²) in [6.07, 6.45) is 3.52. The maximum absolute atomic E-state index is 11.7. The summed E-state index contributed by atoms with van der Waals surface area (Å²) < 4.78 is 0. The van der Waals surface area contributed by atoms with Crippen molar-refractivity contribution in [1.82, 2.24) is 10.3 Å². The van der Waals surface area contributed by atoms with E-state index in [1.807, 2.05) is 25.3 Å². The zero-order chi connectivity index (χ0) is 13.5. The van der Waals surface area contributed by atoms with Gasteiger partial charge in [0.1, 0.15) is 11.9 Å². The van der Waals surface area contributed by atoms with Crippen LogP contribution in [0.25, 0.3) is 0 Å². The number of anilines is 1. The van der Waals surface area contributed by atoms with E-state index >= 15 is 0 Å². The molecule has 0 aliphatic rings. The van der Waals surface area contributed by atoms with Crippen LogP contribution in [0.1, 0.15) is 5.56 Å². The van der Waals surface area contributed by atoms with Gasteiger partial charge in [-0.1, -0.05) is 0 Å². The van der Waals surface area contributed by atoms with Gasteiger partial charge in [-0.15, -0.1) is 0 Å². The molecule has 1 atom stereocenters. The topological polar surface area (TPSA) is 97.1 Å². The summed E-state index contributed by atoms with van der Waals surface area (Å²) >= 11 is 1.49. The second-order valence-corrected chi connectivity index (χ2v) is 4.63. The third-order valence-corrected chi connectivity index (χ3v) is 2.80. The third-order valence-electron chi connectivity index (χ3n) is 2.13. The summed E-state index contributed by atoms with van der Waals surface area (Å²) in [6.45, 7) is 1.93. The van der Waals surface area contributed by atoms with Gasteiger partial charge in [0, 0.05) is 11.9 Å². The lowest BCUT2D eigenvalue weighted by Crippen LogP contribution is -2.46. The molecule has 0 saturated heterocycles. The van der Waals surface area contributed by atoms with E-state index in [1.54, 1.807) is 6.20 Å². The monoisotopic (exact) mass is 268 g/mol. The first-order valence-electron chi connectivity index (χ1n) is 5.31. The molecule has 4 N–H and O–H groups in total. The number of hydrogen-bond donors (Lipinski definition) is 3. The predicted molar refractivity (Wildman–Crippen MR) is 72.5 cm³/mol. The second kappa shape index (κ2) is 6.85. The molecular formula is C11H16N4O2S. The molecular weight excluding hydrogens is 252 g/mol. The molecule has 3 amide bonds. The van der Waals surface area contributed by atoms with Gasteiger partial charge in [0.15, 0.2) is 0 Å². The Labute approximate surface area is 110 Å². The minimum Gasteiger partial charge on any atom is -0.358 e. The molecule has 0 fully saturated rings. The van der Waals surface area contributed by atoms with Crippen LogP contribution in [0, 0.1) is 6.92 Å². The smallest absolute Gasteiger partial charge is 0.318 e. The van der Waals surface area contributed by atoms with Gasteiger partial charge in [-0.05, 0) is 30.9 Å². The number of carbonyl (C=O) groups excluding carboxylic acids is 2. The number of aromatic nitrogens is 1. The van der Waals surface area contributed by atoms with Gasteiger partial charge in [0.25, 0.3) is 5.91 Å². The number of urea groups is 1. The molecule has 1 aromatic rings. The van der Waals surface area contributed by atoms with E-state index in [4.69, 9.17) is 5.73 Å². The quantitative estimate of drug-likeness (QED) is 0.731. The van der Waals surface area contributed by atoms with E-state index in [1.165, 1.54) is 11.8 Å². The van der Waals surface area contributed by atoms with Crippen LogP contribution in [0.4, 0.5) is 10.6 Å². The molecule has 1 aromatic heterocycles. The molecule has 6 nitrogen and oxygen atoms in total. The van der Waals surface area contributed by atoms with Crippen molar-refractivity contribution in [2.75, 3.05) is 17.3 Å². The van der Waals surface area contributed by atoms with Crippen LogP contribution in [-0.4, -0.2) is 35.0 Å². The van der Waals surface area contributed by atoms with Gasteiger partial charge in [-0.2, -0.15) is 11.8 Å². The van der Waals surface area contributed by atoms with Crippen LogP contribution in [0.5, 0.6) is 0 Å². The van der Waals surface area contributed by atoms with Crippen molar-refractivity contribution >= 4 is 29.5 Å². The number of hydrogen-bond acceptors (Lipinski definition) is 5. The third kappa shape index (κ3) is 4.62. The zero-order valence-corrected chi connectivity index (χ0v) is 11.1. The number of imide groups is 1. The summed E-state index contributed by atoms with van der Waals surface area (Å²) in [6, 6.07) is 2.27. The number of thioether (sulfide) groups is 1. The Balaban J connectivity index is 2.73. The standard InChI is InChI=1S/C11H16N4O2S/c1-7-3-4-13-9(5-7)14-8(6-18-2)10(16)15-11(12)17/h3-5,8H,6H2,1-2H3,(H,13,14)(H3,12,15,16,17). The summed E-state index contributed by atoms with van der Waals surface area (Å²) in [4.78, 5) is 26.5. The van der Waals surface area contributed by atoms with E-state index in [2.05, 4.69) is 15.6 Å². The summed E-state index contributed by atoms with van der Waals surface area (Å²) in [5.41, 5.74) is 5.96. The Bertz CT molecular complexity index is 439. The molecule has 1 rings (SSSR count). The first-order valence-corrected chi connectivity index (χ1v) is 6.70. The molecule has 0 bridgehead atoms. The van der Waals surface area contributed by atoms with Crippen LogP contribution < -0.4 is 16.4 Å². The number of nitrogens with two attached hydrogens (primary N) is 1. The van der Waals surface area contributed by atoms with E-state index in [0.717, 1.165) is 5.56 Å². The predicted octanol–water partition coefficient (Wildman–Crippen LogP) is 0.728. The molecule has 0 radical (unpaired) electrons. The van der Waals surface area contributed by atoms with Crippen molar-refractivity contribution in [2.24, 2.45) is 5.73 Å². The number of nitrogens with one attached hydrogen (secondary N) is 2. The van der Waals surface area contributed by atoms with Crippen molar-refractivity contribution in [3.05, 3.63) is 23.9 Å². The first-order chi connectivity index (χ1) is 8.52. The fourth-order valence-corrected chi connectivity index (χ4v) is 1.92. The van der Waals surface area contributed by atoms with Gasteiger partial charge in [-0.25, -0.2) is 9.78 Å². The van der Waals surface area contributed by atoms with Crippen LogP contribution in [0.2, 0.25) is 0 Å². The number of pyridine rings is 1. The molecule has 98 valence electrons. The summed E-state index contributed by atoms with van der Waals surface area (Å²) in [5, 5.41) is 5.03. The number of nitrogens with zero attached hydrogens (tertiary/aromatic N) is 1. The lowest BCUT2D eigenvalue weighted by Gasteiger charge is -2.17. The molecule has 0 aliphatic heterocycles. The van der Waals surface area contributed by atoms with E-state index < -0.39 is 18.0 Å². The maximum atomic E-state index is 11.7. The van der Waals surface area contributed by atoms with Crippen LogP contribution in [0.3, 0.4) is 0 Å². The van der Waals surface area contributed by atoms with Crippen LogP contribution in [-0.2, 0) is 4.79 Å². The van der Waals surface area contributed by atoms with E-state index in [-0.39, 0.29) is 0 Å². The Hall–Kier alpha value is -1.76. The fourth-order valence-electron chi connectivity index (χ4n) is 1.35. The highest BCUT2D eigenvalue weighted by atomic mass is 32.2. The number of carbonyl (C=O) groups is 2. The van der Waals surface area contributed by atoms with Gasteiger partial charge in [0.05, 0.1) is 0 Å². The zero-order valence-electron chi connectivity index (χ0n) is 10.3. The minimum absolute atomic E-state index is 0.458. The van der Waals surface area contributed by atoms with E-state index in [9.17, 15) is 9.59 Å². The average Bonchev–Trinajstić information content (AvgIpc) is 2.27. The van der Waals surface area contributed by atoms with Gasteiger partial charge < -0.3 is 11.1 Å². The molecule has 7 heteroatoms. The van der Waals surface area contributed by atoms with Gasteiger partial charge >= 0.3 is 6.03 Å². The van der Waals surface area contributed by atoms with Crippen molar-refractivity contribution in [3.8, 4) is 0 Å². The highest BCUT2D eigenvalue weighted by Gasteiger charge is 2.19. The van der Waals surface area contributed by atoms with Crippen molar-refractivity contribution in [1.29, 1.82) is 0 Å². The number of primary amides is 1. The van der Waals surface area contributed by atoms with Crippen LogP contribution >= 0.6 is 11.8 Å². The number of rotatable bonds is 5. The molecule has 0 aromatic carbocycles. The SMILES string of the molecule is CSCC(Nc1cc(C)ccn1)C(=O)NC(N)=O. The Morgan fingerprint density at radius 1 is 1.56 bits per heavy atom. The number of amides is 3. The Morgan fingerprint density at radius 3 is 2.83 bits per heavy atom. The van der Waals surface area contributed by atoms with Crippen molar-refractivity contribution in [2.45, 2.75) is 13.0 Å².